The molecule has 2 atom stereocenters. The van der Waals surface area contributed by atoms with Crippen molar-refractivity contribution in [3.63, 3.8) is 0 Å². The Hall–Kier alpha value is -3.63. The summed E-state index contributed by atoms with van der Waals surface area (Å²) in [6, 6.07) is 7.26. The molecule has 0 bridgehead atoms. The molecule has 0 saturated heterocycles. The number of alkyl halides is 3. The number of aromatic nitrogens is 2. The fourth-order valence-electron chi connectivity index (χ4n) is 3.82. The Balaban J connectivity index is 1.95. The molecule has 37 heavy (non-hydrogen) atoms. The van der Waals surface area contributed by atoms with E-state index in [1.807, 2.05) is 13.8 Å². The summed E-state index contributed by atoms with van der Waals surface area (Å²) < 4.78 is 55.5. The monoisotopic (exact) mass is 518 g/mol. The molecule has 1 heterocycles. The van der Waals surface area contributed by atoms with Gasteiger partial charge in [0.2, 0.25) is 0 Å². The van der Waals surface area contributed by atoms with Gasteiger partial charge in [-0.2, -0.15) is 13.2 Å². The zero-order valence-corrected chi connectivity index (χ0v) is 20.1. The Morgan fingerprint density at radius 1 is 1.03 bits per heavy atom. The molecule has 0 aliphatic carbocycles. The van der Waals surface area contributed by atoms with E-state index < -0.39 is 42.2 Å². The average Bonchev–Trinajstić information content (AvgIpc) is 2.81. The number of rotatable bonds is 9. The average molecular weight is 519 g/mol. The third kappa shape index (κ3) is 7.43. The highest BCUT2D eigenvalue weighted by atomic mass is 19.4. The second-order valence-corrected chi connectivity index (χ2v) is 8.90. The fourth-order valence-corrected chi connectivity index (χ4v) is 3.82. The second-order valence-electron chi connectivity index (χ2n) is 8.90. The lowest BCUT2D eigenvalue weighted by Crippen LogP contribution is -2.19. The number of hydrogen-bond acceptors (Lipinski definition) is 5. The number of halogens is 4. The molecule has 2 aromatic carbocycles. The lowest BCUT2D eigenvalue weighted by Gasteiger charge is -2.20. The van der Waals surface area contributed by atoms with Crippen LogP contribution in [-0.2, 0) is 11.0 Å². The van der Waals surface area contributed by atoms with E-state index in [9.17, 15) is 32.6 Å². The molecule has 0 aliphatic rings. The molecule has 0 saturated carbocycles. The van der Waals surface area contributed by atoms with Crippen LogP contribution < -0.4 is 0 Å². The smallest absolute Gasteiger partial charge is 0.417 e. The van der Waals surface area contributed by atoms with Gasteiger partial charge in [0.05, 0.1) is 24.2 Å². The summed E-state index contributed by atoms with van der Waals surface area (Å²) in [4.78, 5) is 19.1. The number of carbonyl (C=O) groups is 1. The molecule has 0 spiro atoms. The maximum absolute atomic E-state index is 14.0. The summed E-state index contributed by atoms with van der Waals surface area (Å²) in [7, 11) is 0. The van der Waals surface area contributed by atoms with Crippen LogP contribution >= 0.6 is 0 Å². The normalized spacial score (nSPS) is 13.8. The maximum atomic E-state index is 14.0. The summed E-state index contributed by atoms with van der Waals surface area (Å²) in [5, 5.41) is 28.2. The van der Waals surface area contributed by atoms with Gasteiger partial charge in [-0.15, -0.1) is 0 Å². The highest BCUT2D eigenvalue weighted by Gasteiger charge is 2.35. The Morgan fingerprint density at radius 3 is 2.19 bits per heavy atom. The van der Waals surface area contributed by atoms with Crippen molar-refractivity contribution in [2.75, 3.05) is 0 Å². The van der Waals surface area contributed by atoms with E-state index in [0.29, 0.717) is 11.1 Å². The van der Waals surface area contributed by atoms with Gasteiger partial charge in [-0.3, -0.25) is 4.79 Å². The summed E-state index contributed by atoms with van der Waals surface area (Å²) in [6.45, 7) is 3.66. The first kappa shape index (κ1) is 27.9. The third-order valence-corrected chi connectivity index (χ3v) is 5.62. The van der Waals surface area contributed by atoms with Crippen LogP contribution in [0.25, 0.3) is 28.6 Å². The molecule has 2 unspecified atom stereocenters. The minimum Gasteiger partial charge on any atom is -0.481 e. The number of aliphatic hydroxyl groups is 2. The van der Waals surface area contributed by atoms with E-state index >= 15 is 0 Å². The van der Waals surface area contributed by atoms with Crippen molar-refractivity contribution < 1.29 is 37.7 Å². The van der Waals surface area contributed by atoms with E-state index in [-0.39, 0.29) is 34.9 Å². The van der Waals surface area contributed by atoms with Crippen LogP contribution in [0.3, 0.4) is 0 Å². The van der Waals surface area contributed by atoms with E-state index in [1.54, 1.807) is 0 Å². The topological polar surface area (TPSA) is 104 Å². The summed E-state index contributed by atoms with van der Waals surface area (Å²) in [6.07, 6.45) is -2.14. The van der Waals surface area contributed by atoms with Crippen molar-refractivity contribution in [2.24, 2.45) is 0 Å². The third-order valence-electron chi connectivity index (χ3n) is 5.62. The van der Waals surface area contributed by atoms with Gasteiger partial charge in [-0.05, 0) is 46.9 Å². The SMILES string of the molecule is CC(C)c1cc(-c2ccc(F)cc2)c(C(F)(F)F)cc1-c1ncc(/C=C/C(O)CC(O)CC(=O)O)cn1. The van der Waals surface area contributed by atoms with Gasteiger partial charge in [0, 0.05) is 29.9 Å². The first-order valence-corrected chi connectivity index (χ1v) is 11.4. The molecular weight excluding hydrogens is 492 g/mol. The first-order chi connectivity index (χ1) is 17.3. The van der Waals surface area contributed by atoms with Crippen molar-refractivity contribution in [3.05, 3.63) is 77.4 Å². The Kier molecular flexibility index (Phi) is 8.77. The molecule has 10 heteroatoms. The number of aliphatic hydroxyl groups excluding tert-OH is 2. The molecule has 0 radical (unpaired) electrons. The molecule has 196 valence electrons. The van der Waals surface area contributed by atoms with Gasteiger partial charge in [-0.25, -0.2) is 14.4 Å². The predicted molar refractivity (Wildman–Crippen MR) is 130 cm³/mol. The van der Waals surface area contributed by atoms with E-state index in [2.05, 4.69) is 9.97 Å². The van der Waals surface area contributed by atoms with E-state index in [0.717, 1.165) is 18.2 Å². The predicted octanol–water partition coefficient (Wildman–Crippen LogP) is 5.69. The van der Waals surface area contributed by atoms with Crippen LogP contribution in [0.4, 0.5) is 17.6 Å². The Morgan fingerprint density at radius 2 is 1.65 bits per heavy atom. The standard InChI is InChI=1S/C27H26F4N2O4/c1-15(2)21-11-22(17-4-6-18(28)7-5-17)24(27(29,30)31)12-23(21)26-32-13-16(14-33-26)3-8-19(34)9-20(35)10-25(36)37/h3-8,11-15,19-20,34-35H,9-10H2,1-2H3,(H,36,37)/b8-3+. The van der Waals surface area contributed by atoms with E-state index in [4.69, 9.17) is 5.11 Å². The maximum Gasteiger partial charge on any atom is 0.417 e. The van der Waals surface area contributed by atoms with Gasteiger partial charge in [-0.1, -0.05) is 38.1 Å². The number of nitrogens with zero attached hydrogens (tertiary/aromatic N) is 2. The van der Waals surface area contributed by atoms with Crippen molar-refractivity contribution in [1.29, 1.82) is 0 Å². The molecule has 0 fully saturated rings. The Bertz CT molecular complexity index is 1260. The number of carboxylic acids is 1. The van der Waals surface area contributed by atoms with Crippen molar-refractivity contribution in [1.82, 2.24) is 9.97 Å². The van der Waals surface area contributed by atoms with Gasteiger partial charge in [0.1, 0.15) is 5.82 Å². The summed E-state index contributed by atoms with van der Waals surface area (Å²) in [5.74, 6) is -1.83. The zero-order valence-electron chi connectivity index (χ0n) is 20.1. The van der Waals surface area contributed by atoms with Crippen LogP contribution in [-0.4, -0.2) is 43.5 Å². The quantitative estimate of drug-likeness (QED) is 0.315. The van der Waals surface area contributed by atoms with Gasteiger partial charge >= 0.3 is 12.1 Å². The van der Waals surface area contributed by atoms with E-state index in [1.165, 1.54) is 42.7 Å². The van der Waals surface area contributed by atoms with Crippen molar-refractivity contribution >= 4 is 12.0 Å². The van der Waals surface area contributed by atoms with Crippen molar-refractivity contribution in [3.8, 4) is 22.5 Å². The fraction of sp³-hybridized carbons (Fsp3) is 0.296. The molecule has 3 aromatic rings. The molecule has 3 rings (SSSR count). The summed E-state index contributed by atoms with van der Waals surface area (Å²) in [5.41, 5.74) is 0.503. The summed E-state index contributed by atoms with van der Waals surface area (Å²) >= 11 is 0. The second kappa shape index (κ2) is 11.6. The minimum atomic E-state index is -4.68. The van der Waals surface area contributed by atoms with Gasteiger partial charge in [0.15, 0.2) is 5.82 Å². The van der Waals surface area contributed by atoms with Crippen LogP contribution in [0.1, 0.15) is 49.3 Å². The number of carboxylic acid groups (broad SMARTS) is 1. The lowest BCUT2D eigenvalue weighted by atomic mass is 9.88. The molecule has 0 amide bonds. The van der Waals surface area contributed by atoms with Gasteiger partial charge < -0.3 is 15.3 Å². The van der Waals surface area contributed by atoms with Crippen LogP contribution in [0, 0.1) is 5.82 Å². The van der Waals surface area contributed by atoms with Crippen LogP contribution in [0.2, 0.25) is 0 Å². The Labute approximate surface area is 211 Å². The van der Waals surface area contributed by atoms with Crippen molar-refractivity contribution in [2.45, 2.75) is 51.0 Å². The highest BCUT2D eigenvalue weighted by Crippen LogP contribution is 2.42. The first-order valence-electron chi connectivity index (χ1n) is 11.4. The van der Waals surface area contributed by atoms with Crippen LogP contribution in [0.15, 0.2) is 54.9 Å². The number of hydrogen-bond donors (Lipinski definition) is 3. The van der Waals surface area contributed by atoms with Gasteiger partial charge in [0.25, 0.3) is 0 Å². The lowest BCUT2D eigenvalue weighted by molar-refractivity contribution is -0.139. The highest BCUT2D eigenvalue weighted by molar-refractivity contribution is 5.75. The molecule has 3 N–H and O–H groups in total. The molecule has 6 nitrogen and oxygen atoms in total. The number of aliphatic carboxylic acids is 1. The number of benzene rings is 2. The molecule has 0 aliphatic heterocycles. The van der Waals surface area contributed by atoms with Crippen LogP contribution in [0.5, 0.6) is 0 Å². The molecule has 1 aromatic heterocycles. The molecular formula is C27H26F4N2O4. The minimum absolute atomic E-state index is 0.0708. The zero-order chi connectivity index (χ0) is 27.3. The largest absolute Gasteiger partial charge is 0.481 e.